The van der Waals surface area contributed by atoms with Gasteiger partial charge < -0.3 is 15.2 Å². The first kappa shape index (κ1) is 14.1. The van der Waals surface area contributed by atoms with Crippen LogP contribution in [0.15, 0.2) is 33.3 Å². The van der Waals surface area contributed by atoms with Crippen molar-refractivity contribution in [2.24, 2.45) is 0 Å². The number of benzene rings is 1. The molecule has 0 saturated carbocycles. The third kappa shape index (κ3) is 3.10. The minimum atomic E-state index is -0.193. The summed E-state index contributed by atoms with van der Waals surface area (Å²) < 4.78 is 6.17. The quantitative estimate of drug-likeness (QED) is 0.893. The molecule has 5 nitrogen and oxygen atoms in total. The predicted octanol–water partition coefficient (Wildman–Crippen LogP) is 3.23. The second kappa shape index (κ2) is 5.89. The smallest absolute Gasteiger partial charge is 0.315 e. The molecule has 1 atom stereocenters. The Morgan fingerprint density at radius 1 is 1.52 bits per heavy atom. The molecule has 6 heteroatoms. The zero-order chi connectivity index (χ0) is 14.8. The highest BCUT2D eigenvalue weighted by Gasteiger charge is 2.25. The highest BCUT2D eigenvalue weighted by Crippen LogP contribution is 2.35. The third-order valence-electron chi connectivity index (χ3n) is 3.62. The molecule has 3 rings (SSSR count). The Morgan fingerprint density at radius 3 is 3.14 bits per heavy atom. The van der Waals surface area contributed by atoms with Crippen molar-refractivity contribution >= 4 is 22.0 Å². The van der Waals surface area contributed by atoms with Gasteiger partial charge in [0.25, 0.3) is 0 Å². The van der Waals surface area contributed by atoms with Crippen LogP contribution in [0.2, 0.25) is 0 Å². The summed E-state index contributed by atoms with van der Waals surface area (Å²) in [4.78, 5) is 12.0. The Hall–Kier alpha value is -1.82. The molecule has 21 heavy (non-hydrogen) atoms. The highest BCUT2D eigenvalue weighted by atomic mass is 79.9. The molecule has 1 heterocycles. The predicted molar refractivity (Wildman–Crippen MR) is 81.8 cm³/mol. The maximum absolute atomic E-state index is 12.0. The summed E-state index contributed by atoms with van der Waals surface area (Å²) in [6.07, 6.45) is 1.90. The summed E-state index contributed by atoms with van der Waals surface area (Å²) in [5, 5.41) is 9.58. The van der Waals surface area contributed by atoms with E-state index in [1.807, 2.05) is 25.1 Å². The van der Waals surface area contributed by atoms with Crippen molar-refractivity contribution < 1.29 is 9.32 Å². The normalized spacial score (nSPS) is 16.6. The molecular weight excluding hydrogens is 334 g/mol. The van der Waals surface area contributed by atoms with Crippen LogP contribution >= 0.6 is 15.9 Å². The maximum Gasteiger partial charge on any atom is 0.315 e. The average Bonchev–Trinajstić information content (AvgIpc) is 3.05. The largest absolute Gasteiger partial charge is 0.359 e. The van der Waals surface area contributed by atoms with Crippen LogP contribution in [0.3, 0.4) is 0 Å². The molecule has 2 N–H and O–H groups in total. The Morgan fingerprint density at radius 2 is 2.38 bits per heavy atom. The van der Waals surface area contributed by atoms with E-state index in [-0.39, 0.29) is 12.1 Å². The zero-order valence-electron chi connectivity index (χ0n) is 11.6. The summed E-state index contributed by atoms with van der Waals surface area (Å²) in [6.45, 7) is 2.19. The van der Waals surface area contributed by atoms with E-state index in [1.165, 1.54) is 11.1 Å². The number of rotatable bonds is 3. The summed E-state index contributed by atoms with van der Waals surface area (Å²) in [6, 6.07) is 7.78. The van der Waals surface area contributed by atoms with E-state index in [4.69, 9.17) is 4.52 Å². The van der Waals surface area contributed by atoms with Gasteiger partial charge in [-0.2, -0.15) is 0 Å². The van der Waals surface area contributed by atoms with Gasteiger partial charge in [0, 0.05) is 10.5 Å². The van der Waals surface area contributed by atoms with Gasteiger partial charge in [-0.15, -0.1) is 0 Å². The van der Waals surface area contributed by atoms with Gasteiger partial charge in [0.2, 0.25) is 0 Å². The van der Waals surface area contributed by atoms with Crippen LogP contribution in [-0.2, 0) is 13.0 Å². The van der Waals surface area contributed by atoms with Gasteiger partial charge in [-0.1, -0.05) is 33.2 Å². The summed E-state index contributed by atoms with van der Waals surface area (Å²) in [7, 11) is 0. The van der Waals surface area contributed by atoms with Gasteiger partial charge >= 0.3 is 6.03 Å². The molecule has 0 fully saturated rings. The molecule has 1 aromatic carbocycles. The minimum Gasteiger partial charge on any atom is -0.359 e. The maximum atomic E-state index is 12.0. The number of halogens is 1. The molecule has 110 valence electrons. The summed E-state index contributed by atoms with van der Waals surface area (Å²) in [5.41, 5.74) is 3.28. The molecule has 2 aromatic rings. The number of urea groups is 1. The number of hydrogen-bond acceptors (Lipinski definition) is 3. The Balaban J connectivity index is 1.58. The van der Waals surface area contributed by atoms with Crippen LogP contribution < -0.4 is 10.6 Å². The summed E-state index contributed by atoms with van der Waals surface area (Å²) in [5.74, 6) is 0.650. The van der Waals surface area contributed by atoms with Gasteiger partial charge in [0.15, 0.2) is 5.76 Å². The van der Waals surface area contributed by atoms with Gasteiger partial charge in [0.1, 0.15) is 0 Å². The van der Waals surface area contributed by atoms with Crippen LogP contribution in [0.4, 0.5) is 4.79 Å². The second-order valence-electron chi connectivity index (χ2n) is 5.16. The first-order valence-electron chi connectivity index (χ1n) is 6.87. The topological polar surface area (TPSA) is 67.2 Å². The van der Waals surface area contributed by atoms with Crippen molar-refractivity contribution in [3.05, 3.63) is 51.3 Å². The monoisotopic (exact) mass is 349 g/mol. The Labute approximate surface area is 131 Å². The lowest BCUT2D eigenvalue weighted by molar-refractivity contribution is 0.235. The molecule has 1 aliphatic carbocycles. The van der Waals surface area contributed by atoms with E-state index in [1.54, 1.807) is 0 Å². The molecule has 1 aromatic heterocycles. The lowest BCUT2D eigenvalue weighted by Gasteiger charge is -2.14. The molecule has 0 spiro atoms. The molecule has 2 amide bonds. The Kier molecular flexibility index (Phi) is 3.96. The van der Waals surface area contributed by atoms with Crippen molar-refractivity contribution in [1.82, 2.24) is 15.8 Å². The number of nitrogens with one attached hydrogen (secondary N) is 2. The standard InChI is InChI=1S/C15H16BrN3O2/c1-9-7-10(21-19-9)8-17-15(20)18-14-6-5-11-12(14)3-2-4-13(11)16/h2-4,7,14H,5-6,8H2,1H3,(H2,17,18,20). The van der Waals surface area contributed by atoms with Crippen LogP contribution in [0, 0.1) is 6.92 Å². The SMILES string of the molecule is Cc1cc(CNC(=O)NC2CCc3c(Br)cccc32)on1. The average molecular weight is 350 g/mol. The minimum absolute atomic E-state index is 0.0639. The van der Waals surface area contributed by atoms with Crippen LogP contribution in [0.5, 0.6) is 0 Å². The van der Waals surface area contributed by atoms with E-state index in [9.17, 15) is 4.79 Å². The van der Waals surface area contributed by atoms with E-state index >= 15 is 0 Å². The van der Waals surface area contributed by atoms with Crippen LogP contribution in [0.25, 0.3) is 0 Å². The van der Waals surface area contributed by atoms with Gasteiger partial charge in [0.05, 0.1) is 18.3 Å². The van der Waals surface area contributed by atoms with Crippen molar-refractivity contribution in [2.75, 3.05) is 0 Å². The Bertz CT molecular complexity index is 669. The van der Waals surface area contributed by atoms with Gasteiger partial charge in [-0.05, 0) is 37.0 Å². The highest BCUT2D eigenvalue weighted by molar-refractivity contribution is 9.10. The molecule has 0 bridgehead atoms. The van der Waals surface area contributed by atoms with Crippen molar-refractivity contribution in [3.8, 4) is 0 Å². The lowest BCUT2D eigenvalue weighted by Crippen LogP contribution is -2.36. The number of aryl methyl sites for hydroxylation is 1. The number of nitrogens with zero attached hydrogens (tertiary/aromatic N) is 1. The molecule has 0 aliphatic heterocycles. The van der Waals surface area contributed by atoms with E-state index < -0.39 is 0 Å². The van der Waals surface area contributed by atoms with Crippen LogP contribution in [0.1, 0.15) is 35.0 Å². The fourth-order valence-electron chi connectivity index (χ4n) is 2.64. The van der Waals surface area contributed by atoms with E-state index in [2.05, 4.69) is 37.8 Å². The third-order valence-corrected chi connectivity index (χ3v) is 4.36. The number of fused-ring (bicyclic) bond motifs is 1. The molecule has 1 unspecified atom stereocenters. The van der Waals surface area contributed by atoms with E-state index in [0.717, 1.165) is 23.0 Å². The van der Waals surface area contributed by atoms with E-state index in [0.29, 0.717) is 12.3 Å². The van der Waals surface area contributed by atoms with Gasteiger partial charge in [-0.3, -0.25) is 0 Å². The molecular formula is C15H16BrN3O2. The van der Waals surface area contributed by atoms with Crippen LogP contribution in [-0.4, -0.2) is 11.2 Å². The lowest BCUT2D eigenvalue weighted by atomic mass is 10.1. The number of carbonyl (C=O) groups excluding carboxylic acids is 1. The second-order valence-corrected chi connectivity index (χ2v) is 6.01. The number of hydrogen-bond donors (Lipinski definition) is 2. The summed E-state index contributed by atoms with van der Waals surface area (Å²) >= 11 is 3.56. The number of aromatic nitrogens is 1. The van der Waals surface area contributed by atoms with Crippen molar-refractivity contribution in [1.29, 1.82) is 0 Å². The fraction of sp³-hybridized carbons (Fsp3) is 0.333. The zero-order valence-corrected chi connectivity index (χ0v) is 13.2. The molecule has 0 saturated heterocycles. The molecule has 1 aliphatic rings. The number of amides is 2. The van der Waals surface area contributed by atoms with Gasteiger partial charge in [-0.25, -0.2) is 4.79 Å². The fourth-order valence-corrected chi connectivity index (χ4v) is 3.22. The first-order valence-corrected chi connectivity index (χ1v) is 7.66. The first-order chi connectivity index (χ1) is 10.1. The number of carbonyl (C=O) groups is 1. The van der Waals surface area contributed by atoms with Crippen molar-refractivity contribution in [2.45, 2.75) is 32.4 Å². The molecule has 0 radical (unpaired) electrons. The van der Waals surface area contributed by atoms with Crippen molar-refractivity contribution in [3.63, 3.8) is 0 Å².